The van der Waals surface area contributed by atoms with Gasteiger partial charge in [0.15, 0.2) is 0 Å². The molecule has 0 bridgehead atoms. The molecule has 0 aliphatic rings. The summed E-state index contributed by atoms with van der Waals surface area (Å²) in [5, 5.41) is 12.6. The standard InChI is InChI=1S/C13H17Cl2NO3/c1-7(2)19-12-5-10(14)9(4-11(12)15)6-16-8(3)13(17)18/h4-5,7-8,16H,6H2,1-3H3,(H,17,18)/t8-/m1/s1. The molecule has 0 spiro atoms. The van der Waals surface area contributed by atoms with Crippen molar-refractivity contribution >= 4 is 29.2 Å². The number of halogens is 2. The van der Waals surface area contributed by atoms with Crippen LogP contribution in [0.3, 0.4) is 0 Å². The molecule has 19 heavy (non-hydrogen) atoms. The molecule has 0 heterocycles. The van der Waals surface area contributed by atoms with Crippen LogP contribution in [0, 0.1) is 0 Å². The fourth-order valence-electron chi connectivity index (χ4n) is 1.40. The maximum Gasteiger partial charge on any atom is 0.320 e. The van der Waals surface area contributed by atoms with Crippen LogP contribution in [0.15, 0.2) is 12.1 Å². The van der Waals surface area contributed by atoms with Crippen LogP contribution < -0.4 is 10.1 Å². The van der Waals surface area contributed by atoms with Gasteiger partial charge in [-0.05, 0) is 32.4 Å². The normalized spacial score (nSPS) is 12.5. The van der Waals surface area contributed by atoms with E-state index in [4.69, 9.17) is 33.0 Å². The molecule has 0 aliphatic carbocycles. The summed E-state index contributed by atoms with van der Waals surface area (Å²) in [6, 6.07) is 2.68. The lowest BCUT2D eigenvalue weighted by molar-refractivity contribution is -0.139. The maximum absolute atomic E-state index is 10.7. The van der Waals surface area contributed by atoms with E-state index in [0.29, 0.717) is 22.3 Å². The molecular formula is C13H17Cl2NO3. The van der Waals surface area contributed by atoms with Crippen LogP contribution in [0.1, 0.15) is 26.3 Å². The summed E-state index contributed by atoms with van der Waals surface area (Å²) in [6.45, 7) is 5.69. The number of hydrogen-bond acceptors (Lipinski definition) is 3. The fraction of sp³-hybridized carbons (Fsp3) is 0.462. The predicted molar refractivity (Wildman–Crippen MR) is 76.2 cm³/mol. The van der Waals surface area contributed by atoms with Gasteiger partial charge in [-0.25, -0.2) is 0 Å². The summed E-state index contributed by atoms with van der Waals surface area (Å²) < 4.78 is 5.51. The van der Waals surface area contributed by atoms with E-state index in [0.717, 1.165) is 5.56 Å². The highest BCUT2D eigenvalue weighted by molar-refractivity contribution is 6.34. The lowest BCUT2D eigenvalue weighted by Gasteiger charge is -2.15. The molecule has 0 radical (unpaired) electrons. The van der Waals surface area contributed by atoms with E-state index in [1.54, 1.807) is 19.1 Å². The summed E-state index contributed by atoms with van der Waals surface area (Å²) in [4.78, 5) is 10.7. The number of carboxylic acids is 1. The monoisotopic (exact) mass is 305 g/mol. The van der Waals surface area contributed by atoms with Crippen molar-refractivity contribution in [3.63, 3.8) is 0 Å². The van der Waals surface area contributed by atoms with Crippen LogP contribution in [0.2, 0.25) is 10.0 Å². The van der Waals surface area contributed by atoms with Crippen LogP contribution in [0.5, 0.6) is 5.75 Å². The molecule has 0 saturated carbocycles. The average Bonchev–Trinajstić information content (AvgIpc) is 2.30. The van der Waals surface area contributed by atoms with Gasteiger partial charge in [-0.1, -0.05) is 23.2 Å². The minimum atomic E-state index is -0.915. The summed E-state index contributed by atoms with van der Waals surface area (Å²) in [5.41, 5.74) is 0.732. The molecule has 0 unspecified atom stereocenters. The van der Waals surface area contributed by atoms with Gasteiger partial charge in [0.2, 0.25) is 0 Å². The van der Waals surface area contributed by atoms with Gasteiger partial charge in [-0.15, -0.1) is 0 Å². The van der Waals surface area contributed by atoms with E-state index >= 15 is 0 Å². The van der Waals surface area contributed by atoms with Crippen molar-refractivity contribution in [3.05, 3.63) is 27.7 Å². The van der Waals surface area contributed by atoms with Crippen LogP contribution in [-0.2, 0) is 11.3 Å². The van der Waals surface area contributed by atoms with E-state index in [1.807, 2.05) is 13.8 Å². The largest absolute Gasteiger partial charge is 0.489 e. The first-order valence-electron chi connectivity index (χ1n) is 5.92. The number of nitrogens with one attached hydrogen (secondary N) is 1. The first kappa shape index (κ1) is 16.1. The molecule has 4 nitrogen and oxygen atoms in total. The van der Waals surface area contributed by atoms with E-state index in [9.17, 15) is 4.79 Å². The van der Waals surface area contributed by atoms with Gasteiger partial charge in [0.25, 0.3) is 0 Å². The third-order valence-corrected chi connectivity index (χ3v) is 3.08. The Kier molecular flexibility index (Phi) is 5.91. The van der Waals surface area contributed by atoms with Crippen molar-refractivity contribution in [1.29, 1.82) is 0 Å². The molecule has 0 aromatic heterocycles. The SMILES string of the molecule is CC(C)Oc1cc(Cl)c(CN[C@H](C)C(=O)O)cc1Cl. The number of carboxylic acid groups (broad SMARTS) is 1. The topological polar surface area (TPSA) is 58.6 Å². The zero-order chi connectivity index (χ0) is 14.6. The second-order valence-electron chi connectivity index (χ2n) is 4.48. The fourth-order valence-corrected chi connectivity index (χ4v) is 1.85. The Labute approximate surface area is 122 Å². The molecule has 1 rings (SSSR count). The van der Waals surface area contributed by atoms with E-state index in [-0.39, 0.29) is 6.10 Å². The van der Waals surface area contributed by atoms with Crippen LogP contribution in [-0.4, -0.2) is 23.2 Å². The molecule has 1 aromatic rings. The highest BCUT2D eigenvalue weighted by Crippen LogP contribution is 2.31. The summed E-state index contributed by atoms with van der Waals surface area (Å²) in [7, 11) is 0. The quantitative estimate of drug-likeness (QED) is 0.846. The zero-order valence-electron chi connectivity index (χ0n) is 11.0. The predicted octanol–water partition coefficient (Wildman–Crippen LogP) is 3.34. The number of hydrogen-bond donors (Lipinski definition) is 2. The lowest BCUT2D eigenvalue weighted by Crippen LogP contribution is -2.33. The molecular weight excluding hydrogens is 289 g/mol. The van der Waals surface area contributed by atoms with Crippen molar-refractivity contribution in [2.24, 2.45) is 0 Å². The molecule has 106 valence electrons. The second kappa shape index (κ2) is 6.98. The number of ether oxygens (including phenoxy) is 1. The molecule has 6 heteroatoms. The Balaban J connectivity index is 2.81. The Morgan fingerprint density at radius 2 is 1.95 bits per heavy atom. The molecule has 2 N–H and O–H groups in total. The van der Waals surface area contributed by atoms with Crippen molar-refractivity contribution < 1.29 is 14.6 Å². The highest BCUT2D eigenvalue weighted by atomic mass is 35.5. The summed E-state index contributed by atoms with van der Waals surface area (Å²) in [6.07, 6.45) is 0.00424. The van der Waals surface area contributed by atoms with Crippen molar-refractivity contribution in [2.75, 3.05) is 0 Å². The summed E-state index contributed by atoms with van der Waals surface area (Å²) in [5.74, 6) is -0.390. The van der Waals surface area contributed by atoms with Crippen molar-refractivity contribution in [3.8, 4) is 5.75 Å². The molecule has 0 fully saturated rings. The summed E-state index contributed by atoms with van der Waals surface area (Å²) >= 11 is 12.2. The molecule has 1 atom stereocenters. The Bertz CT molecular complexity index is 463. The Morgan fingerprint density at radius 3 is 2.47 bits per heavy atom. The van der Waals surface area contributed by atoms with Gasteiger partial charge in [0.1, 0.15) is 11.8 Å². The molecule has 0 aliphatic heterocycles. The number of benzene rings is 1. The van der Waals surface area contributed by atoms with Crippen LogP contribution in [0.4, 0.5) is 0 Å². The van der Waals surface area contributed by atoms with E-state index in [2.05, 4.69) is 5.32 Å². The van der Waals surface area contributed by atoms with Gasteiger partial charge in [-0.3, -0.25) is 4.79 Å². The smallest absolute Gasteiger partial charge is 0.320 e. The van der Waals surface area contributed by atoms with Gasteiger partial charge >= 0.3 is 5.97 Å². The van der Waals surface area contributed by atoms with Crippen LogP contribution in [0.25, 0.3) is 0 Å². The first-order chi connectivity index (χ1) is 8.81. The van der Waals surface area contributed by atoms with Gasteiger partial charge < -0.3 is 15.2 Å². The third kappa shape index (κ3) is 4.90. The van der Waals surface area contributed by atoms with Gasteiger partial charge in [-0.2, -0.15) is 0 Å². The average molecular weight is 306 g/mol. The number of carbonyl (C=O) groups is 1. The molecule has 0 saturated heterocycles. The van der Waals surface area contributed by atoms with E-state index < -0.39 is 12.0 Å². The Hall–Kier alpha value is -0.970. The number of aliphatic carboxylic acids is 1. The maximum atomic E-state index is 10.7. The minimum Gasteiger partial charge on any atom is -0.489 e. The Morgan fingerprint density at radius 1 is 1.32 bits per heavy atom. The van der Waals surface area contributed by atoms with Crippen molar-refractivity contribution in [2.45, 2.75) is 39.5 Å². The van der Waals surface area contributed by atoms with E-state index in [1.165, 1.54) is 0 Å². The van der Waals surface area contributed by atoms with Gasteiger partial charge in [0.05, 0.1) is 11.1 Å². The number of rotatable bonds is 6. The first-order valence-corrected chi connectivity index (χ1v) is 6.67. The third-order valence-electron chi connectivity index (χ3n) is 2.43. The molecule has 0 amide bonds. The molecule has 1 aromatic carbocycles. The van der Waals surface area contributed by atoms with Crippen molar-refractivity contribution in [1.82, 2.24) is 5.32 Å². The second-order valence-corrected chi connectivity index (χ2v) is 5.30. The van der Waals surface area contributed by atoms with Crippen LogP contribution >= 0.6 is 23.2 Å². The lowest BCUT2D eigenvalue weighted by atomic mass is 10.2. The minimum absolute atomic E-state index is 0.00424. The zero-order valence-corrected chi connectivity index (χ0v) is 12.5. The van der Waals surface area contributed by atoms with Gasteiger partial charge in [0, 0.05) is 17.6 Å². The highest BCUT2D eigenvalue weighted by Gasteiger charge is 2.13.